The third kappa shape index (κ3) is 3.21. The second-order valence-corrected chi connectivity index (χ2v) is 10.7. The number of sulfonamides is 1. The van der Waals surface area contributed by atoms with E-state index in [1.165, 1.54) is 10.4 Å². The zero-order chi connectivity index (χ0) is 22.5. The number of ketones is 2. The minimum Gasteiger partial charge on any atom is -0.324 e. The molecule has 2 heterocycles. The van der Waals surface area contributed by atoms with Crippen molar-refractivity contribution in [3.05, 3.63) is 82.2 Å². The van der Waals surface area contributed by atoms with E-state index in [1.54, 1.807) is 53.9 Å². The Morgan fingerprint density at radius 2 is 1.66 bits per heavy atom. The topological polar surface area (TPSA) is 101 Å². The van der Waals surface area contributed by atoms with Gasteiger partial charge in [0.05, 0.1) is 11.3 Å². The molecular weight excluding hydrogens is 448 g/mol. The van der Waals surface area contributed by atoms with E-state index in [0.29, 0.717) is 18.4 Å². The first-order valence-electron chi connectivity index (χ1n) is 10.1. The molecule has 162 valence electrons. The summed E-state index contributed by atoms with van der Waals surface area (Å²) in [5.41, 5.74) is 1.18. The van der Waals surface area contributed by atoms with Crippen LogP contribution in [0.5, 0.6) is 0 Å². The number of benzene rings is 2. The van der Waals surface area contributed by atoms with E-state index in [2.05, 4.69) is 5.32 Å². The maximum Gasteiger partial charge on any atom is 0.253 e. The minimum absolute atomic E-state index is 0.134. The molecule has 1 aliphatic carbocycles. The lowest BCUT2D eigenvalue weighted by atomic mass is 9.83. The predicted molar refractivity (Wildman–Crippen MR) is 120 cm³/mol. The molecule has 0 spiro atoms. The van der Waals surface area contributed by atoms with Gasteiger partial charge in [0, 0.05) is 23.2 Å². The SMILES string of the molecule is O=C1c2ccccc2C(=O)c2c(NC(=O)[C@@H]3CCCN3S(=O)(=O)c3cccs3)cccc21. The Morgan fingerprint density at radius 1 is 0.938 bits per heavy atom. The number of amides is 1. The summed E-state index contributed by atoms with van der Waals surface area (Å²) in [6, 6.07) is 13.6. The van der Waals surface area contributed by atoms with Crippen LogP contribution in [0.25, 0.3) is 0 Å². The first kappa shape index (κ1) is 20.7. The molecule has 2 aromatic carbocycles. The van der Waals surface area contributed by atoms with E-state index in [0.717, 1.165) is 11.3 Å². The van der Waals surface area contributed by atoms with Crippen LogP contribution in [-0.4, -0.2) is 42.8 Å². The second-order valence-electron chi connectivity index (χ2n) is 7.63. The van der Waals surface area contributed by atoms with Gasteiger partial charge in [0.15, 0.2) is 11.6 Å². The fourth-order valence-corrected chi connectivity index (χ4v) is 7.06. The van der Waals surface area contributed by atoms with Crippen molar-refractivity contribution in [1.29, 1.82) is 0 Å². The zero-order valence-electron chi connectivity index (χ0n) is 16.8. The molecular formula is C23H18N2O5S2. The van der Waals surface area contributed by atoms with Crippen LogP contribution in [0.15, 0.2) is 64.2 Å². The third-order valence-corrected chi connectivity index (χ3v) is 9.06. The van der Waals surface area contributed by atoms with Crippen molar-refractivity contribution in [1.82, 2.24) is 4.31 Å². The Morgan fingerprint density at radius 3 is 2.38 bits per heavy atom. The Kier molecular flexibility index (Phi) is 5.04. The average Bonchev–Trinajstić information content (AvgIpc) is 3.50. The van der Waals surface area contributed by atoms with Crippen molar-refractivity contribution in [3.8, 4) is 0 Å². The Balaban J connectivity index is 1.47. The second kappa shape index (κ2) is 7.77. The molecule has 5 rings (SSSR count). The number of anilines is 1. The van der Waals surface area contributed by atoms with Gasteiger partial charge in [0.2, 0.25) is 5.91 Å². The van der Waals surface area contributed by atoms with Gasteiger partial charge >= 0.3 is 0 Å². The van der Waals surface area contributed by atoms with Gasteiger partial charge in [0.1, 0.15) is 10.3 Å². The van der Waals surface area contributed by atoms with Crippen LogP contribution in [0.4, 0.5) is 5.69 Å². The first-order valence-corrected chi connectivity index (χ1v) is 12.4. The van der Waals surface area contributed by atoms with E-state index in [1.807, 2.05) is 0 Å². The smallest absolute Gasteiger partial charge is 0.253 e. The number of carbonyl (C=O) groups excluding carboxylic acids is 3. The van der Waals surface area contributed by atoms with Crippen molar-refractivity contribution in [2.24, 2.45) is 0 Å². The Hall–Kier alpha value is -3.14. The molecule has 1 saturated heterocycles. The van der Waals surface area contributed by atoms with Gasteiger partial charge in [-0.25, -0.2) is 8.42 Å². The summed E-state index contributed by atoms with van der Waals surface area (Å²) in [6.07, 6.45) is 0.932. The van der Waals surface area contributed by atoms with E-state index < -0.39 is 22.0 Å². The summed E-state index contributed by atoms with van der Waals surface area (Å²) in [5.74, 6) is -1.15. The van der Waals surface area contributed by atoms with Crippen LogP contribution in [0, 0.1) is 0 Å². The van der Waals surface area contributed by atoms with Crippen molar-refractivity contribution < 1.29 is 22.8 Å². The number of carbonyl (C=O) groups is 3. The minimum atomic E-state index is -3.79. The molecule has 1 aliphatic heterocycles. The standard InChI is InChI=1S/C23H18N2O5S2/c26-21-14-6-1-2-7-15(14)22(27)20-16(21)8-3-9-17(20)24-23(28)18-10-4-12-25(18)32(29,30)19-11-5-13-31-19/h1-3,5-9,11,13,18H,4,10,12H2,(H,24,28)/t18-/m0/s1. The van der Waals surface area contributed by atoms with Gasteiger partial charge in [-0.1, -0.05) is 42.5 Å². The number of rotatable bonds is 4. The molecule has 9 heteroatoms. The normalized spacial score (nSPS) is 18.3. The summed E-state index contributed by atoms with van der Waals surface area (Å²) >= 11 is 1.10. The Bertz CT molecular complexity index is 1360. The van der Waals surface area contributed by atoms with Crippen molar-refractivity contribution >= 4 is 44.5 Å². The van der Waals surface area contributed by atoms with Crippen LogP contribution in [0.3, 0.4) is 0 Å². The number of nitrogens with one attached hydrogen (secondary N) is 1. The molecule has 7 nitrogen and oxygen atoms in total. The summed E-state index contributed by atoms with van der Waals surface area (Å²) in [6.45, 7) is 0.246. The molecule has 3 aromatic rings. The molecule has 1 amide bonds. The largest absolute Gasteiger partial charge is 0.324 e. The number of nitrogens with zero attached hydrogens (tertiary/aromatic N) is 1. The first-order chi connectivity index (χ1) is 15.4. The highest BCUT2D eigenvalue weighted by Gasteiger charge is 2.40. The van der Waals surface area contributed by atoms with Gasteiger partial charge in [-0.15, -0.1) is 11.3 Å². The molecule has 32 heavy (non-hydrogen) atoms. The number of thiophene rings is 1. The van der Waals surface area contributed by atoms with Crippen LogP contribution >= 0.6 is 11.3 Å². The summed E-state index contributed by atoms with van der Waals surface area (Å²) < 4.78 is 27.4. The van der Waals surface area contributed by atoms with Gasteiger partial charge < -0.3 is 5.32 Å². The van der Waals surface area contributed by atoms with Crippen LogP contribution < -0.4 is 5.32 Å². The maximum absolute atomic E-state index is 13.2. The summed E-state index contributed by atoms with van der Waals surface area (Å²) in [4.78, 5) is 39.2. The molecule has 0 radical (unpaired) electrons. The van der Waals surface area contributed by atoms with Crippen LogP contribution in [0.1, 0.15) is 44.7 Å². The third-order valence-electron chi connectivity index (χ3n) is 5.77. The summed E-state index contributed by atoms with van der Waals surface area (Å²) in [7, 11) is -3.79. The lowest BCUT2D eigenvalue weighted by Crippen LogP contribution is -2.43. The molecule has 0 bridgehead atoms. The molecule has 0 unspecified atom stereocenters. The number of hydrogen-bond acceptors (Lipinski definition) is 6. The lowest BCUT2D eigenvalue weighted by Gasteiger charge is -2.24. The lowest BCUT2D eigenvalue weighted by molar-refractivity contribution is -0.119. The average molecular weight is 467 g/mol. The summed E-state index contributed by atoms with van der Waals surface area (Å²) in [5, 5.41) is 4.40. The maximum atomic E-state index is 13.2. The molecule has 2 aliphatic rings. The number of fused-ring (bicyclic) bond motifs is 2. The van der Waals surface area contributed by atoms with E-state index in [-0.39, 0.29) is 44.7 Å². The van der Waals surface area contributed by atoms with Gasteiger partial charge in [-0.3, -0.25) is 14.4 Å². The monoisotopic (exact) mass is 466 g/mol. The highest BCUT2D eigenvalue weighted by molar-refractivity contribution is 7.91. The van der Waals surface area contributed by atoms with Crippen molar-refractivity contribution in [2.45, 2.75) is 23.1 Å². The molecule has 1 N–H and O–H groups in total. The molecule has 1 atom stereocenters. The fraction of sp³-hybridized carbons (Fsp3) is 0.174. The van der Waals surface area contributed by atoms with E-state index in [9.17, 15) is 22.8 Å². The number of hydrogen-bond donors (Lipinski definition) is 1. The quantitative estimate of drug-likeness (QED) is 0.497. The highest BCUT2D eigenvalue weighted by atomic mass is 32.2. The van der Waals surface area contributed by atoms with Gasteiger partial charge in [-0.2, -0.15) is 4.31 Å². The van der Waals surface area contributed by atoms with Gasteiger partial charge in [-0.05, 0) is 30.4 Å². The zero-order valence-corrected chi connectivity index (χ0v) is 18.4. The van der Waals surface area contributed by atoms with Crippen molar-refractivity contribution in [3.63, 3.8) is 0 Å². The molecule has 1 aromatic heterocycles. The highest BCUT2D eigenvalue weighted by Crippen LogP contribution is 2.33. The fourth-order valence-electron chi connectivity index (χ4n) is 4.28. The van der Waals surface area contributed by atoms with Gasteiger partial charge in [0.25, 0.3) is 10.0 Å². The van der Waals surface area contributed by atoms with E-state index >= 15 is 0 Å². The Labute approximate surface area is 188 Å². The molecule has 0 saturated carbocycles. The van der Waals surface area contributed by atoms with Crippen molar-refractivity contribution in [2.75, 3.05) is 11.9 Å². The predicted octanol–water partition coefficient (Wildman–Crippen LogP) is 3.32. The van der Waals surface area contributed by atoms with E-state index in [4.69, 9.17) is 0 Å². The van der Waals surface area contributed by atoms with Crippen LogP contribution in [-0.2, 0) is 14.8 Å². The van der Waals surface area contributed by atoms with Crippen LogP contribution in [0.2, 0.25) is 0 Å². The molecule has 1 fully saturated rings.